The number of ether oxygens (including phenoxy) is 1. The fourth-order valence-corrected chi connectivity index (χ4v) is 4.61. The van der Waals surface area contributed by atoms with Crippen molar-refractivity contribution in [2.24, 2.45) is 4.36 Å². The lowest BCUT2D eigenvalue weighted by molar-refractivity contribution is 0.100. The summed E-state index contributed by atoms with van der Waals surface area (Å²) in [6.07, 6.45) is 0. The van der Waals surface area contributed by atoms with Crippen molar-refractivity contribution in [3.05, 3.63) is 59.7 Å². The molecule has 0 aliphatic carbocycles. The Kier molecular flexibility index (Phi) is 3.29. The first-order valence-corrected chi connectivity index (χ1v) is 8.17. The molecule has 1 aliphatic heterocycles. The van der Waals surface area contributed by atoms with Gasteiger partial charge in [-0.25, -0.2) is 4.21 Å². The van der Waals surface area contributed by atoms with E-state index in [9.17, 15) is 9.00 Å². The summed E-state index contributed by atoms with van der Waals surface area (Å²) in [7, 11) is -1.25. The van der Waals surface area contributed by atoms with E-state index in [1.807, 2.05) is 13.0 Å². The zero-order chi connectivity index (χ0) is 15.0. The minimum atomic E-state index is -2.80. The number of amides is 1. The zero-order valence-corrected chi connectivity index (χ0v) is 12.6. The van der Waals surface area contributed by atoms with Crippen molar-refractivity contribution in [2.75, 3.05) is 7.11 Å². The topological polar surface area (TPSA) is 55.7 Å². The molecule has 1 aliphatic rings. The smallest absolute Gasteiger partial charge is 0.285 e. The van der Waals surface area contributed by atoms with Crippen molar-refractivity contribution >= 4 is 15.6 Å². The predicted molar refractivity (Wildman–Crippen MR) is 81.0 cm³/mol. The summed E-state index contributed by atoms with van der Waals surface area (Å²) in [5, 5.41) is -0.349. The lowest BCUT2D eigenvalue weighted by atomic mass is 10.0. The number of fused-ring (bicyclic) bond motifs is 1. The van der Waals surface area contributed by atoms with Gasteiger partial charge in [-0.15, -0.1) is 0 Å². The Morgan fingerprint density at radius 2 is 1.86 bits per heavy atom. The number of hydrogen-bond acceptors (Lipinski definition) is 3. The summed E-state index contributed by atoms with van der Waals surface area (Å²) in [6.45, 7) is 1.84. The molecule has 2 atom stereocenters. The molecule has 0 spiro atoms. The maximum Gasteiger partial charge on any atom is 0.285 e. The minimum Gasteiger partial charge on any atom is -0.497 e. The van der Waals surface area contributed by atoms with Crippen LogP contribution in [0.15, 0.2) is 57.8 Å². The highest BCUT2D eigenvalue weighted by Crippen LogP contribution is 2.38. The van der Waals surface area contributed by atoms with Crippen LogP contribution in [-0.2, 0) is 9.73 Å². The largest absolute Gasteiger partial charge is 0.497 e. The molecule has 2 aromatic carbocycles. The molecule has 0 fully saturated rings. The Morgan fingerprint density at radius 1 is 1.14 bits per heavy atom. The summed E-state index contributed by atoms with van der Waals surface area (Å²) in [5.74, 6) is 0.147. The van der Waals surface area contributed by atoms with Gasteiger partial charge in [-0.05, 0) is 36.8 Å². The van der Waals surface area contributed by atoms with Crippen molar-refractivity contribution in [3.8, 4) is 5.75 Å². The van der Waals surface area contributed by atoms with Crippen LogP contribution in [0.25, 0.3) is 0 Å². The zero-order valence-electron chi connectivity index (χ0n) is 11.8. The molecule has 2 unspecified atom stereocenters. The Bertz CT molecular complexity index is 821. The van der Waals surface area contributed by atoms with Crippen molar-refractivity contribution in [1.29, 1.82) is 0 Å². The molecule has 0 N–H and O–H groups in total. The lowest BCUT2D eigenvalue weighted by Crippen LogP contribution is -2.20. The Balaban J connectivity index is 2.21. The summed E-state index contributed by atoms with van der Waals surface area (Å²) >= 11 is 0. The SMILES string of the molecule is COc1ccc2c(c1)C(=O)N=S(=O)(c1ccccc1)C2C. The molecule has 5 heteroatoms. The van der Waals surface area contributed by atoms with Gasteiger partial charge >= 0.3 is 0 Å². The molecule has 2 aromatic rings. The average molecular weight is 301 g/mol. The summed E-state index contributed by atoms with van der Waals surface area (Å²) in [4.78, 5) is 12.9. The number of methoxy groups -OCH3 is 1. The normalized spacial score (nSPS) is 24.1. The van der Waals surface area contributed by atoms with Crippen LogP contribution in [0.4, 0.5) is 0 Å². The van der Waals surface area contributed by atoms with Gasteiger partial charge in [0, 0.05) is 4.90 Å². The van der Waals surface area contributed by atoms with Crippen LogP contribution in [0.5, 0.6) is 5.75 Å². The molecular formula is C16H15NO3S. The first-order valence-electron chi connectivity index (χ1n) is 6.59. The Morgan fingerprint density at radius 3 is 2.52 bits per heavy atom. The molecule has 1 amide bonds. The minimum absolute atomic E-state index is 0.349. The van der Waals surface area contributed by atoms with Crippen LogP contribution in [0, 0.1) is 0 Å². The van der Waals surface area contributed by atoms with Crippen LogP contribution >= 0.6 is 0 Å². The number of hydrogen-bond donors (Lipinski definition) is 0. The van der Waals surface area contributed by atoms with Gasteiger partial charge in [0.1, 0.15) is 5.75 Å². The van der Waals surface area contributed by atoms with Gasteiger partial charge in [0.15, 0.2) is 0 Å². The van der Waals surface area contributed by atoms with Gasteiger partial charge in [-0.1, -0.05) is 24.3 Å². The van der Waals surface area contributed by atoms with E-state index < -0.39 is 15.6 Å². The third-order valence-electron chi connectivity index (χ3n) is 3.71. The average Bonchev–Trinajstić information content (AvgIpc) is 2.53. The van der Waals surface area contributed by atoms with E-state index in [-0.39, 0.29) is 5.25 Å². The van der Waals surface area contributed by atoms with Crippen molar-refractivity contribution in [1.82, 2.24) is 0 Å². The highest BCUT2D eigenvalue weighted by molar-refractivity contribution is 7.94. The number of rotatable bonds is 2. The van der Waals surface area contributed by atoms with Crippen LogP contribution < -0.4 is 4.74 Å². The second kappa shape index (κ2) is 5.00. The van der Waals surface area contributed by atoms with Gasteiger partial charge < -0.3 is 4.74 Å². The fraction of sp³-hybridized carbons (Fsp3) is 0.188. The third kappa shape index (κ3) is 2.14. The lowest BCUT2D eigenvalue weighted by Gasteiger charge is -2.24. The molecule has 0 aromatic heterocycles. The van der Waals surface area contributed by atoms with Crippen LogP contribution in [0.1, 0.15) is 28.1 Å². The van der Waals surface area contributed by atoms with Gasteiger partial charge in [-0.3, -0.25) is 4.79 Å². The number of carbonyl (C=O) groups excluding carboxylic acids is 1. The Labute approximate surface area is 123 Å². The van der Waals surface area contributed by atoms with E-state index in [1.54, 1.807) is 49.6 Å². The monoisotopic (exact) mass is 301 g/mol. The second-order valence-electron chi connectivity index (χ2n) is 4.87. The number of nitrogens with zero attached hydrogens (tertiary/aromatic N) is 1. The Hall–Kier alpha value is -2.14. The van der Waals surface area contributed by atoms with Crippen LogP contribution in [-0.4, -0.2) is 17.2 Å². The molecule has 4 nitrogen and oxygen atoms in total. The molecule has 0 saturated carbocycles. The van der Waals surface area contributed by atoms with Crippen LogP contribution in [0.3, 0.4) is 0 Å². The first kappa shape index (κ1) is 13.8. The van der Waals surface area contributed by atoms with E-state index in [4.69, 9.17) is 4.74 Å². The quantitative estimate of drug-likeness (QED) is 0.854. The van der Waals surface area contributed by atoms with Crippen molar-refractivity contribution < 1.29 is 13.7 Å². The molecule has 108 valence electrons. The molecule has 1 heterocycles. The second-order valence-corrected chi connectivity index (χ2v) is 7.37. The van der Waals surface area contributed by atoms with Gasteiger partial charge in [0.2, 0.25) is 0 Å². The van der Waals surface area contributed by atoms with Gasteiger partial charge in [0.25, 0.3) is 5.91 Å². The van der Waals surface area contributed by atoms with Crippen molar-refractivity contribution in [2.45, 2.75) is 17.1 Å². The van der Waals surface area contributed by atoms with E-state index in [0.717, 1.165) is 5.56 Å². The standard InChI is InChI=1S/C16H15NO3S/c1-11-14-9-8-12(20-2)10-15(14)16(18)17-21(11,19)13-6-4-3-5-7-13/h3-11H,1-2H3. The molecule has 3 rings (SSSR count). The summed E-state index contributed by atoms with van der Waals surface area (Å²) < 4.78 is 22.4. The maximum absolute atomic E-state index is 13.2. The summed E-state index contributed by atoms with van der Waals surface area (Å²) in [5.41, 5.74) is 1.22. The van der Waals surface area contributed by atoms with Crippen LogP contribution in [0.2, 0.25) is 0 Å². The van der Waals surface area contributed by atoms with E-state index in [1.165, 1.54) is 0 Å². The van der Waals surface area contributed by atoms with Gasteiger partial charge in [0.05, 0.1) is 27.7 Å². The highest BCUT2D eigenvalue weighted by atomic mass is 32.2. The van der Waals surface area contributed by atoms with E-state index in [0.29, 0.717) is 16.2 Å². The van der Waals surface area contributed by atoms with E-state index in [2.05, 4.69) is 4.36 Å². The fourth-order valence-electron chi connectivity index (χ4n) is 2.50. The molecular weight excluding hydrogens is 286 g/mol. The molecule has 0 bridgehead atoms. The highest BCUT2D eigenvalue weighted by Gasteiger charge is 2.32. The predicted octanol–water partition coefficient (Wildman–Crippen LogP) is 3.44. The first-order chi connectivity index (χ1) is 10.1. The number of benzene rings is 2. The molecule has 21 heavy (non-hydrogen) atoms. The van der Waals surface area contributed by atoms with E-state index >= 15 is 0 Å². The van der Waals surface area contributed by atoms with Gasteiger partial charge in [-0.2, -0.15) is 4.36 Å². The summed E-state index contributed by atoms with van der Waals surface area (Å²) in [6, 6.07) is 14.2. The third-order valence-corrected chi connectivity index (χ3v) is 6.30. The molecule has 0 radical (unpaired) electrons. The number of carbonyl (C=O) groups is 1. The molecule has 0 saturated heterocycles. The maximum atomic E-state index is 13.2. The van der Waals surface area contributed by atoms with Crippen molar-refractivity contribution in [3.63, 3.8) is 0 Å².